The topological polar surface area (TPSA) is 32.3 Å². The maximum absolute atomic E-state index is 13.4. The van der Waals surface area contributed by atoms with Gasteiger partial charge in [0.15, 0.2) is 0 Å². The summed E-state index contributed by atoms with van der Waals surface area (Å²) < 4.78 is 39.7. The predicted molar refractivity (Wildman–Crippen MR) is 118 cm³/mol. The molecule has 2 aromatic carbocycles. The number of carbonyl (C=O) groups excluding carboxylic acids is 1. The van der Waals surface area contributed by atoms with E-state index in [0.717, 1.165) is 43.5 Å². The first kappa shape index (κ1) is 23.6. The van der Waals surface area contributed by atoms with Crippen molar-refractivity contribution in [3.8, 4) is 0 Å². The van der Waals surface area contributed by atoms with Gasteiger partial charge in [0.2, 0.25) is 0 Å². The fraction of sp³-hybridized carbons (Fsp3) is 0.458. The summed E-state index contributed by atoms with van der Waals surface area (Å²) in [7, 11) is 2.03. The van der Waals surface area contributed by atoms with E-state index in [-0.39, 0.29) is 24.2 Å². The van der Waals surface area contributed by atoms with Crippen molar-refractivity contribution in [3.05, 3.63) is 70.8 Å². The Morgan fingerprint density at radius 1 is 1.13 bits per heavy atom. The molecule has 31 heavy (non-hydrogen) atoms. The van der Waals surface area contributed by atoms with Crippen LogP contribution >= 0.6 is 12.4 Å². The summed E-state index contributed by atoms with van der Waals surface area (Å²) in [4.78, 5) is 15.6. The minimum Gasteiger partial charge on any atom is -0.341 e. The van der Waals surface area contributed by atoms with E-state index in [2.05, 4.69) is 17.1 Å². The summed E-state index contributed by atoms with van der Waals surface area (Å²) >= 11 is 0. The van der Waals surface area contributed by atoms with Crippen LogP contribution in [0, 0.1) is 5.92 Å². The van der Waals surface area contributed by atoms with Crippen LogP contribution in [0.1, 0.15) is 59.2 Å². The normalized spacial score (nSPS) is 24.4. The average Bonchev–Trinajstić information content (AvgIpc) is 3.52. The quantitative estimate of drug-likeness (QED) is 0.654. The zero-order chi connectivity index (χ0) is 21.5. The van der Waals surface area contributed by atoms with Crippen LogP contribution in [0.25, 0.3) is 0 Å². The SMILES string of the molecule is C[C@@H]1CN(C)C[C@](NC(=O)c2ccc(C(F)(F)F)cc2C2CC2)(c2ccccc2)C1.Cl. The number of carbonyl (C=O) groups is 1. The van der Waals surface area contributed by atoms with Gasteiger partial charge in [-0.1, -0.05) is 37.3 Å². The Hall–Kier alpha value is -2.05. The van der Waals surface area contributed by atoms with E-state index in [0.29, 0.717) is 23.6 Å². The molecule has 1 aliphatic heterocycles. The number of nitrogens with one attached hydrogen (secondary N) is 1. The third-order valence-corrected chi connectivity index (χ3v) is 6.18. The highest BCUT2D eigenvalue weighted by Crippen LogP contribution is 2.44. The number of hydrogen-bond donors (Lipinski definition) is 1. The summed E-state index contributed by atoms with van der Waals surface area (Å²) in [6.07, 6.45) is -1.98. The molecule has 0 spiro atoms. The molecule has 0 bridgehead atoms. The van der Waals surface area contributed by atoms with Crippen LogP contribution in [0.4, 0.5) is 13.2 Å². The number of hydrogen-bond acceptors (Lipinski definition) is 2. The van der Waals surface area contributed by atoms with Crippen molar-refractivity contribution in [1.29, 1.82) is 0 Å². The maximum atomic E-state index is 13.4. The highest BCUT2D eigenvalue weighted by Gasteiger charge is 2.41. The Morgan fingerprint density at radius 3 is 2.39 bits per heavy atom. The van der Waals surface area contributed by atoms with Crippen LogP contribution in [-0.4, -0.2) is 30.9 Å². The number of alkyl halides is 3. The van der Waals surface area contributed by atoms with Gasteiger partial charge in [-0.15, -0.1) is 12.4 Å². The van der Waals surface area contributed by atoms with Gasteiger partial charge in [-0.05, 0) is 67.5 Å². The highest BCUT2D eigenvalue weighted by molar-refractivity contribution is 5.96. The largest absolute Gasteiger partial charge is 0.416 e. The van der Waals surface area contributed by atoms with Crippen LogP contribution < -0.4 is 5.32 Å². The fourth-order valence-corrected chi connectivity index (χ4v) is 4.87. The van der Waals surface area contributed by atoms with Gasteiger partial charge in [0.25, 0.3) is 5.91 Å². The molecule has 1 saturated carbocycles. The molecule has 2 fully saturated rings. The minimum atomic E-state index is -4.41. The molecular weight excluding hydrogens is 425 g/mol. The number of nitrogens with zero attached hydrogens (tertiary/aromatic N) is 1. The number of likely N-dealkylation sites (tertiary alicyclic amines) is 1. The molecule has 2 aliphatic rings. The lowest BCUT2D eigenvalue weighted by Crippen LogP contribution is -2.57. The Labute approximate surface area is 187 Å². The van der Waals surface area contributed by atoms with Gasteiger partial charge in [0, 0.05) is 18.7 Å². The molecule has 4 rings (SSSR count). The van der Waals surface area contributed by atoms with Gasteiger partial charge in [-0.25, -0.2) is 0 Å². The van der Waals surface area contributed by atoms with Crippen molar-refractivity contribution >= 4 is 18.3 Å². The molecule has 2 aromatic rings. The smallest absolute Gasteiger partial charge is 0.341 e. The van der Waals surface area contributed by atoms with E-state index in [1.807, 2.05) is 37.4 Å². The number of halogens is 4. The molecule has 0 aromatic heterocycles. The van der Waals surface area contributed by atoms with E-state index < -0.39 is 17.3 Å². The summed E-state index contributed by atoms with van der Waals surface area (Å²) in [5.74, 6) is 0.116. The van der Waals surface area contributed by atoms with Crippen molar-refractivity contribution in [1.82, 2.24) is 10.2 Å². The summed E-state index contributed by atoms with van der Waals surface area (Å²) in [5, 5.41) is 3.25. The molecule has 1 aliphatic carbocycles. The molecule has 3 nitrogen and oxygen atoms in total. The lowest BCUT2D eigenvalue weighted by molar-refractivity contribution is -0.137. The Kier molecular flexibility index (Phi) is 6.72. The predicted octanol–water partition coefficient (Wildman–Crippen LogP) is 5.60. The van der Waals surface area contributed by atoms with Crippen LogP contribution in [0.3, 0.4) is 0 Å². The molecule has 1 N–H and O–H groups in total. The van der Waals surface area contributed by atoms with E-state index in [9.17, 15) is 18.0 Å². The molecule has 1 heterocycles. The van der Waals surface area contributed by atoms with E-state index >= 15 is 0 Å². The molecule has 1 saturated heterocycles. The standard InChI is InChI=1S/C24H27F3N2O.ClH/c1-16-13-23(15-29(2)14-16,18-6-4-3-5-7-18)28-22(30)20-11-10-19(24(25,26)27)12-21(20)17-8-9-17;/h3-7,10-12,16-17H,8-9,13-15H2,1-2H3,(H,28,30);1H/t16-,23-;/m0./s1. The molecular formula is C24H28ClF3N2O. The Bertz CT molecular complexity index is 918. The second-order valence-corrected chi connectivity index (χ2v) is 8.98. The van der Waals surface area contributed by atoms with Gasteiger partial charge < -0.3 is 10.2 Å². The van der Waals surface area contributed by atoms with Crippen molar-refractivity contribution in [2.75, 3.05) is 20.1 Å². The van der Waals surface area contributed by atoms with Crippen LogP contribution in [0.2, 0.25) is 0 Å². The van der Waals surface area contributed by atoms with Crippen LogP contribution in [0.5, 0.6) is 0 Å². The molecule has 1 amide bonds. The Morgan fingerprint density at radius 2 is 1.81 bits per heavy atom. The first-order chi connectivity index (χ1) is 14.2. The van der Waals surface area contributed by atoms with Crippen molar-refractivity contribution in [3.63, 3.8) is 0 Å². The van der Waals surface area contributed by atoms with Gasteiger partial charge in [0.1, 0.15) is 0 Å². The first-order valence-corrected chi connectivity index (χ1v) is 10.5. The third kappa shape index (κ3) is 5.07. The van der Waals surface area contributed by atoms with Gasteiger partial charge in [0.05, 0.1) is 11.1 Å². The lowest BCUT2D eigenvalue weighted by atomic mass is 9.78. The first-order valence-electron chi connectivity index (χ1n) is 10.5. The van der Waals surface area contributed by atoms with Gasteiger partial charge >= 0.3 is 6.18 Å². The number of rotatable bonds is 4. The molecule has 0 unspecified atom stereocenters. The monoisotopic (exact) mass is 452 g/mol. The number of likely N-dealkylation sites (N-methyl/N-ethyl adjacent to an activating group) is 1. The number of amides is 1. The molecule has 0 radical (unpaired) electrons. The zero-order valence-electron chi connectivity index (χ0n) is 17.7. The van der Waals surface area contributed by atoms with Gasteiger partial charge in [-0.2, -0.15) is 13.2 Å². The van der Waals surface area contributed by atoms with Gasteiger partial charge in [-0.3, -0.25) is 4.79 Å². The van der Waals surface area contributed by atoms with E-state index in [4.69, 9.17) is 0 Å². The maximum Gasteiger partial charge on any atom is 0.416 e. The second kappa shape index (κ2) is 8.83. The highest BCUT2D eigenvalue weighted by atomic mass is 35.5. The second-order valence-electron chi connectivity index (χ2n) is 8.98. The fourth-order valence-electron chi connectivity index (χ4n) is 4.87. The summed E-state index contributed by atoms with van der Waals surface area (Å²) in [6, 6.07) is 13.4. The minimum absolute atomic E-state index is 0. The molecule has 168 valence electrons. The summed E-state index contributed by atoms with van der Waals surface area (Å²) in [5.41, 5.74) is 0.639. The number of piperidine rings is 1. The van der Waals surface area contributed by atoms with Crippen molar-refractivity contribution in [2.45, 2.75) is 43.8 Å². The average molecular weight is 453 g/mol. The van der Waals surface area contributed by atoms with E-state index in [1.165, 1.54) is 6.07 Å². The van der Waals surface area contributed by atoms with Crippen molar-refractivity contribution in [2.24, 2.45) is 5.92 Å². The van der Waals surface area contributed by atoms with Crippen molar-refractivity contribution < 1.29 is 18.0 Å². The summed E-state index contributed by atoms with van der Waals surface area (Å²) in [6.45, 7) is 3.76. The molecule has 2 atom stereocenters. The Balaban J connectivity index is 0.00000272. The lowest BCUT2D eigenvalue weighted by Gasteiger charge is -2.45. The molecule has 7 heteroatoms. The third-order valence-electron chi connectivity index (χ3n) is 6.18. The van der Waals surface area contributed by atoms with Crippen LogP contribution in [-0.2, 0) is 11.7 Å². The van der Waals surface area contributed by atoms with Crippen LogP contribution in [0.15, 0.2) is 48.5 Å². The van der Waals surface area contributed by atoms with E-state index in [1.54, 1.807) is 0 Å². The number of benzene rings is 2. The zero-order valence-corrected chi connectivity index (χ0v) is 18.5.